The van der Waals surface area contributed by atoms with Crippen molar-refractivity contribution in [1.29, 1.82) is 0 Å². The first kappa shape index (κ1) is 26.5. The Kier molecular flexibility index (Phi) is 7.96. The molecule has 2 aromatic rings. The second-order valence-electron chi connectivity index (χ2n) is 10.2. The van der Waals surface area contributed by atoms with Crippen LogP contribution in [-0.4, -0.2) is 51.8 Å². The zero-order valence-electron chi connectivity index (χ0n) is 20.6. The number of rotatable bonds is 8. The van der Waals surface area contributed by atoms with Crippen LogP contribution in [-0.2, 0) is 14.4 Å². The maximum absolute atomic E-state index is 14.2. The highest BCUT2D eigenvalue weighted by Crippen LogP contribution is 2.52. The maximum atomic E-state index is 14.2. The van der Waals surface area contributed by atoms with E-state index in [4.69, 9.17) is 23.2 Å². The van der Waals surface area contributed by atoms with Gasteiger partial charge in [0.15, 0.2) is 0 Å². The lowest BCUT2D eigenvalue weighted by Crippen LogP contribution is -2.58. The predicted molar refractivity (Wildman–Crippen MR) is 140 cm³/mol. The minimum atomic E-state index is -1.11. The van der Waals surface area contributed by atoms with Gasteiger partial charge in [0, 0.05) is 41.5 Å². The molecule has 1 N–H and O–H groups in total. The number of carbonyl (C=O) groups excluding carboxylic acids is 2. The molecule has 4 rings (SSSR count). The minimum Gasteiger partial charge on any atom is -0.481 e. The number of carbonyl (C=O) groups is 3. The summed E-state index contributed by atoms with van der Waals surface area (Å²) in [5.74, 6) is -1.30. The van der Waals surface area contributed by atoms with Gasteiger partial charge in [0.05, 0.1) is 17.9 Å². The Balaban J connectivity index is 1.87. The molecular formula is C28H32Cl2N2O4. The third-order valence-corrected chi connectivity index (χ3v) is 8.09. The topological polar surface area (TPSA) is 77.9 Å². The number of carboxylic acid groups (broad SMARTS) is 1. The summed E-state index contributed by atoms with van der Waals surface area (Å²) in [6, 6.07) is 14.4. The van der Waals surface area contributed by atoms with Gasteiger partial charge in [-0.25, -0.2) is 0 Å². The van der Waals surface area contributed by atoms with Gasteiger partial charge in [-0.2, -0.15) is 0 Å². The fourth-order valence-electron chi connectivity index (χ4n) is 5.85. The van der Waals surface area contributed by atoms with Gasteiger partial charge in [0.2, 0.25) is 11.8 Å². The molecule has 0 bridgehead atoms. The molecule has 0 saturated carbocycles. The van der Waals surface area contributed by atoms with Gasteiger partial charge < -0.3 is 14.9 Å². The Morgan fingerprint density at radius 2 is 1.83 bits per heavy atom. The van der Waals surface area contributed by atoms with E-state index in [1.54, 1.807) is 13.0 Å². The first-order valence-corrected chi connectivity index (χ1v) is 13.2. The van der Waals surface area contributed by atoms with E-state index in [9.17, 15) is 19.5 Å². The van der Waals surface area contributed by atoms with E-state index in [1.165, 1.54) is 0 Å². The Bertz CT molecular complexity index is 1140. The van der Waals surface area contributed by atoms with Crippen molar-refractivity contribution >= 4 is 41.0 Å². The van der Waals surface area contributed by atoms with Gasteiger partial charge in [0.25, 0.3) is 0 Å². The van der Waals surface area contributed by atoms with Crippen molar-refractivity contribution in [3.05, 3.63) is 69.7 Å². The number of carboxylic acids is 1. The van der Waals surface area contributed by atoms with Gasteiger partial charge in [-0.3, -0.25) is 14.4 Å². The molecule has 2 heterocycles. The minimum absolute atomic E-state index is 0.0978. The van der Waals surface area contributed by atoms with Gasteiger partial charge in [-0.05, 0) is 54.7 Å². The van der Waals surface area contributed by atoms with Crippen LogP contribution in [0.2, 0.25) is 10.0 Å². The van der Waals surface area contributed by atoms with Crippen molar-refractivity contribution in [3.8, 4) is 0 Å². The zero-order valence-corrected chi connectivity index (χ0v) is 22.1. The first-order chi connectivity index (χ1) is 17.1. The van der Waals surface area contributed by atoms with Gasteiger partial charge in [-0.15, -0.1) is 0 Å². The van der Waals surface area contributed by atoms with E-state index in [2.05, 4.69) is 0 Å². The van der Waals surface area contributed by atoms with Crippen LogP contribution in [0.1, 0.15) is 69.0 Å². The summed E-state index contributed by atoms with van der Waals surface area (Å²) in [6.45, 7) is 4.86. The van der Waals surface area contributed by atoms with E-state index in [0.29, 0.717) is 42.4 Å². The van der Waals surface area contributed by atoms with Gasteiger partial charge in [0.1, 0.15) is 0 Å². The molecule has 4 unspecified atom stereocenters. The number of hydrogen-bond donors (Lipinski definition) is 1. The smallest absolute Gasteiger partial charge is 0.304 e. The summed E-state index contributed by atoms with van der Waals surface area (Å²) in [5.41, 5.74) is 0.759. The lowest BCUT2D eigenvalue weighted by molar-refractivity contribution is -0.161. The molecule has 36 heavy (non-hydrogen) atoms. The van der Waals surface area contributed by atoms with Crippen LogP contribution in [0.4, 0.5) is 0 Å². The molecule has 2 aliphatic heterocycles. The molecule has 2 saturated heterocycles. The molecular weight excluding hydrogens is 499 g/mol. The fraction of sp³-hybridized carbons (Fsp3) is 0.464. The average Bonchev–Trinajstić information content (AvgIpc) is 3.23. The van der Waals surface area contributed by atoms with E-state index >= 15 is 0 Å². The molecule has 0 aromatic heterocycles. The maximum Gasteiger partial charge on any atom is 0.304 e. The van der Waals surface area contributed by atoms with Crippen molar-refractivity contribution < 1.29 is 19.5 Å². The molecule has 0 radical (unpaired) electrons. The van der Waals surface area contributed by atoms with E-state index in [-0.39, 0.29) is 36.2 Å². The Morgan fingerprint density at radius 3 is 2.42 bits per heavy atom. The average molecular weight is 531 g/mol. The quantitative estimate of drug-likeness (QED) is 0.458. The largest absolute Gasteiger partial charge is 0.481 e. The number of piperidine rings is 1. The van der Waals surface area contributed by atoms with Gasteiger partial charge in [-0.1, -0.05) is 61.3 Å². The van der Waals surface area contributed by atoms with Crippen LogP contribution in [0.15, 0.2) is 48.5 Å². The number of hydrogen-bond acceptors (Lipinski definition) is 3. The fourth-order valence-corrected chi connectivity index (χ4v) is 6.17. The Labute approximate surface area is 222 Å². The third-order valence-electron chi connectivity index (χ3n) is 7.60. The number of nitrogens with zero attached hydrogens (tertiary/aromatic N) is 2. The summed E-state index contributed by atoms with van der Waals surface area (Å²) >= 11 is 12.6. The van der Waals surface area contributed by atoms with E-state index < -0.39 is 11.4 Å². The summed E-state index contributed by atoms with van der Waals surface area (Å²) in [6.07, 6.45) is 2.05. The van der Waals surface area contributed by atoms with Gasteiger partial charge >= 0.3 is 5.97 Å². The molecule has 8 heteroatoms. The monoisotopic (exact) mass is 530 g/mol. The Morgan fingerprint density at radius 1 is 1.11 bits per heavy atom. The van der Waals surface area contributed by atoms with Crippen molar-refractivity contribution in [1.82, 2.24) is 9.80 Å². The summed E-state index contributed by atoms with van der Waals surface area (Å²) < 4.78 is 0. The molecule has 192 valence electrons. The second-order valence-corrected chi connectivity index (χ2v) is 11.1. The molecule has 4 atom stereocenters. The standard InChI is InChI=1S/C28H32Cl2N2O4/c1-3-22(17-31-13-5-8-24(31)33)32-26(18-9-11-20(29)12-10-18)23(19-6-4-7-21(30)14-19)15-28(2,27(32)36)16-25(34)35/h4,6-7,9-12,14,22-23,26H,3,5,8,13,15-17H2,1-2H3,(H,34,35). The number of amides is 2. The number of benzene rings is 2. The second kappa shape index (κ2) is 10.8. The molecule has 0 aliphatic carbocycles. The summed E-state index contributed by atoms with van der Waals surface area (Å²) in [7, 11) is 0. The molecule has 2 aromatic carbocycles. The molecule has 2 aliphatic rings. The summed E-state index contributed by atoms with van der Waals surface area (Å²) in [5, 5.41) is 10.9. The molecule has 6 nitrogen and oxygen atoms in total. The number of likely N-dealkylation sites (tertiary alicyclic amines) is 2. The molecule has 0 spiro atoms. The number of aliphatic carboxylic acids is 1. The van der Waals surface area contributed by atoms with Crippen molar-refractivity contribution in [2.24, 2.45) is 5.41 Å². The van der Waals surface area contributed by atoms with E-state index in [0.717, 1.165) is 17.5 Å². The summed E-state index contributed by atoms with van der Waals surface area (Å²) in [4.78, 5) is 42.3. The van der Waals surface area contributed by atoms with Crippen molar-refractivity contribution in [2.75, 3.05) is 13.1 Å². The normalized spacial score (nSPS) is 25.3. The number of halogens is 2. The van der Waals surface area contributed by atoms with Crippen LogP contribution < -0.4 is 0 Å². The molecule has 2 fully saturated rings. The zero-order chi connectivity index (χ0) is 26.0. The third kappa shape index (κ3) is 5.40. The van der Waals surface area contributed by atoms with Crippen LogP contribution in [0.25, 0.3) is 0 Å². The highest BCUT2D eigenvalue weighted by molar-refractivity contribution is 6.30. The predicted octanol–water partition coefficient (Wildman–Crippen LogP) is 5.93. The lowest BCUT2D eigenvalue weighted by Gasteiger charge is -2.52. The highest BCUT2D eigenvalue weighted by atomic mass is 35.5. The SMILES string of the molecule is CCC(CN1CCCC1=O)N1C(=O)C(C)(CC(=O)O)CC(c2cccc(Cl)c2)C1c1ccc(Cl)cc1. The lowest BCUT2D eigenvalue weighted by atomic mass is 9.67. The van der Waals surface area contributed by atoms with Crippen LogP contribution >= 0.6 is 23.2 Å². The van der Waals surface area contributed by atoms with Crippen LogP contribution in [0.5, 0.6) is 0 Å². The highest BCUT2D eigenvalue weighted by Gasteiger charge is 2.52. The van der Waals surface area contributed by atoms with Crippen molar-refractivity contribution in [2.45, 2.75) is 64.0 Å². The Hall–Kier alpha value is -2.57. The van der Waals surface area contributed by atoms with Crippen LogP contribution in [0.3, 0.4) is 0 Å². The molecule has 2 amide bonds. The van der Waals surface area contributed by atoms with Crippen molar-refractivity contribution in [3.63, 3.8) is 0 Å². The first-order valence-electron chi connectivity index (χ1n) is 12.5. The van der Waals surface area contributed by atoms with Crippen LogP contribution in [0, 0.1) is 5.41 Å². The van der Waals surface area contributed by atoms with E-state index in [1.807, 2.05) is 59.2 Å².